The number of nitrogens with one attached hydrogen (secondary N) is 3. The molecule has 2 saturated carbocycles. The topological polar surface area (TPSA) is 134 Å². The summed E-state index contributed by atoms with van der Waals surface area (Å²) in [5, 5.41) is 14.8. The van der Waals surface area contributed by atoms with Gasteiger partial charge in [-0.15, -0.1) is 0 Å². The number of anilines is 2. The molecule has 0 spiro atoms. The highest BCUT2D eigenvalue weighted by Gasteiger charge is 2.43. The van der Waals surface area contributed by atoms with E-state index in [1.165, 1.54) is 89.7 Å². The van der Waals surface area contributed by atoms with Gasteiger partial charge in [0.1, 0.15) is 27.4 Å². The van der Waals surface area contributed by atoms with Crippen molar-refractivity contribution in [2.24, 2.45) is 11.8 Å². The summed E-state index contributed by atoms with van der Waals surface area (Å²) < 4.78 is 42.2. The molecule has 3 aliphatic heterocycles. The van der Waals surface area contributed by atoms with Gasteiger partial charge in [-0.1, -0.05) is 83.5 Å². The maximum atomic E-state index is 15.7. The Morgan fingerprint density at radius 1 is 0.837 bits per heavy atom. The molecule has 5 atom stereocenters. The van der Waals surface area contributed by atoms with Gasteiger partial charge < -0.3 is 21.7 Å². The molecule has 1 aromatic heterocycles. The van der Waals surface area contributed by atoms with E-state index in [4.69, 9.17) is 5.73 Å². The van der Waals surface area contributed by atoms with Crippen LogP contribution >= 0.6 is 0 Å². The molecule has 4 heterocycles. The summed E-state index contributed by atoms with van der Waals surface area (Å²) >= 11 is 0. The Kier molecular flexibility index (Phi) is 12.8. The number of hydrogen-bond acceptors (Lipinski definition) is 8. The van der Waals surface area contributed by atoms with Crippen molar-refractivity contribution in [1.29, 1.82) is 0 Å². The molecular formula is C37H64FN7O3S. The lowest BCUT2D eigenvalue weighted by Crippen LogP contribution is -2.64. The van der Waals surface area contributed by atoms with Crippen LogP contribution in [0.3, 0.4) is 0 Å². The summed E-state index contributed by atoms with van der Waals surface area (Å²) in [5.74, 6) is 1.21. The minimum Gasteiger partial charge on any atom is -0.381 e. The number of carbonyl (C=O) groups is 1. The second kappa shape index (κ2) is 17.1. The van der Waals surface area contributed by atoms with Crippen molar-refractivity contribution in [2.75, 3.05) is 43.5 Å². The van der Waals surface area contributed by atoms with Crippen LogP contribution in [-0.2, 0) is 9.84 Å². The average Bonchev–Trinajstić information content (AvgIpc) is 3.49. The molecule has 278 valence electrons. The molecule has 2 saturated heterocycles. The van der Waals surface area contributed by atoms with Gasteiger partial charge in [-0.05, 0) is 69.9 Å². The molecule has 5 N–H and O–H groups in total. The first kappa shape index (κ1) is 36.9. The molecule has 5 aliphatic rings. The second-order valence-electron chi connectivity index (χ2n) is 16.2. The van der Waals surface area contributed by atoms with E-state index in [1.54, 1.807) is 4.68 Å². The third-order valence-electron chi connectivity index (χ3n) is 12.8. The van der Waals surface area contributed by atoms with E-state index in [2.05, 4.69) is 25.9 Å². The van der Waals surface area contributed by atoms with Crippen molar-refractivity contribution in [3.63, 3.8) is 0 Å². The lowest BCUT2D eigenvalue weighted by molar-refractivity contribution is 0.0676. The van der Waals surface area contributed by atoms with Gasteiger partial charge in [0.25, 0.3) is 5.91 Å². The van der Waals surface area contributed by atoms with E-state index in [1.807, 2.05) is 0 Å². The molecule has 0 bridgehead atoms. The first-order valence-corrected chi connectivity index (χ1v) is 21.9. The Hall–Kier alpha value is -1.92. The highest BCUT2D eigenvalue weighted by atomic mass is 32.2. The molecule has 0 radical (unpaired) electrons. The van der Waals surface area contributed by atoms with Crippen LogP contribution in [-0.4, -0.2) is 91.0 Å². The molecule has 5 unspecified atom stereocenters. The van der Waals surface area contributed by atoms with Gasteiger partial charge in [0.05, 0.1) is 17.3 Å². The summed E-state index contributed by atoms with van der Waals surface area (Å²) in [5.41, 5.74) is 6.84. The fraction of sp³-hybridized carbons (Fsp3) is 0.892. The number of hydrogen-bond donors (Lipinski definition) is 4. The van der Waals surface area contributed by atoms with Crippen LogP contribution in [0.5, 0.6) is 0 Å². The molecule has 0 aromatic carbocycles. The van der Waals surface area contributed by atoms with E-state index in [-0.39, 0.29) is 41.5 Å². The van der Waals surface area contributed by atoms with E-state index < -0.39 is 22.1 Å². The number of nitrogen functional groups attached to an aromatic ring is 1. The number of sulfone groups is 1. The van der Waals surface area contributed by atoms with Crippen molar-refractivity contribution >= 4 is 27.4 Å². The van der Waals surface area contributed by atoms with Gasteiger partial charge >= 0.3 is 0 Å². The first-order chi connectivity index (χ1) is 23.7. The van der Waals surface area contributed by atoms with Crippen molar-refractivity contribution in [1.82, 2.24) is 25.3 Å². The van der Waals surface area contributed by atoms with E-state index in [9.17, 15) is 13.2 Å². The molecule has 6 rings (SSSR count). The zero-order valence-electron chi connectivity index (χ0n) is 30.0. The van der Waals surface area contributed by atoms with Crippen LogP contribution < -0.4 is 21.7 Å². The monoisotopic (exact) mass is 705 g/mol. The van der Waals surface area contributed by atoms with Crippen LogP contribution in [0.2, 0.25) is 0 Å². The van der Waals surface area contributed by atoms with Crippen LogP contribution in [0.4, 0.5) is 16.0 Å². The molecule has 1 aromatic rings. The molecule has 49 heavy (non-hydrogen) atoms. The number of likely N-dealkylation sites (tertiary alicyclic amines) is 1. The fourth-order valence-electron chi connectivity index (χ4n) is 9.98. The Morgan fingerprint density at radius 3 is 1.96 bits per heavy atom. The zero-order valence-corrected chi connectivity index (χ0v) is 30.8. The van der Waals surface area contributed by atoms with Crippen LogP contribution in [0.15, 0.2) is 0 Å². The number of nitrogens with zero attached hydrogens (tertiary/aromatic N) is 3. The van der Waals surface area contributed by atoms with Gasteiger partial charge in [-0.3, -0.25) is 9.69 Å². The predicted octanol–water partition coefficient (Wildman–Crippen LogP) is 6.00. The van der Waals surface area contributed by atoms with Crippen molar-refractivity contribution < 1.29 is 17.6 Å². The largest absolute Gasteiger partial charge is 0.381 e. The van der Waals surface area contributed by atoms with Crippen molar-refractivity contribution in [3.8, 4) is 0 Å². The predicted molar refractivity (Wildman–Crippen MR) is 195 cm³/mol. The quantitative estimate of drug-likeness (QED) is 0.283. The molecular weight excluding hydrogens is 642 g/mol. The summed E-state index contributed by atoms with van der Waals surface area (Å²) in [7, 11) is -3.08. The van der Waals surface area contributed by atoms with Crippen LogP contribution in [0, 0.1) is 11.8 Å². The Balaban J connectivity index is 1.20. The normalized spacial score (nSPS) is 31.4. The number of alkyl halides is 1. The van der Waals surface area contributed by atoms with Gasteiger partial charge in [-0.25, -0.2) is 17.5 Å². The van der Waals surface area contributed by atoms with Crippen molar-refractivity contribution in [3.05, 3.63) is 5.56 Å². The molecule has 4 fully saturated rings. The van der Waals surface area contributed by atoms with Crippen molar-refractivity contribution in [2.45, 2.75) is 164 Å². The summed E-state index contributed by atoms with van der Waals surface area (Å²) in [6, 6.07) is -0.126. The maximum Gasteiger partial charge on any atom is 0.259 e. The summed E-state index contributed by atoms with van der Waals surface area (Å²) in [6.45, 7) is 2.22. The zero-order chi connectivity index (χ0) is 34.4. The fourth-order valence-corrected chi connectivity index (χ4v) is 11.0. The number of amides is 1. The molecule has 10 nitrogen and oxygen atoms in total. The number of fused-ring (bicyclic) bond motifs is 1. The Morgan fingerprint density at radius 2 is 1.39 bits per heavy atom. The van der Waals surface area contributed by atoms with E-state index in [0.29, 0.717) is 55.8 Å². The Bertz CT molecular complexity index is 1310. The second-order valence-corrected chi connectivity index (χ2v) is 18.5. The molecule has 2 aliphatic carbocycles. The summed E-state index contributed by atoms with van der Waals surface area (Å²) in [6.07, 6.45) is 23.0. The van der Waals surface area contributed by atoms with Crippen LogP contribution in [0.25, 0.3) is 0 Å². The number of nitrogens with two attached hydrogens (primary N) is 1. The molecule has 1 amide bonds. The third kappa shape index (κ3) is 9.12. The van der Waals surface area contributed by atoms with Gasteiger partial charge in [0.2, 0.25) is 0 Å². The Labute approximate surface area is 294 Å². The number of rotatable bonds is 6. The first-order valence-electron chi connectivity index (χ1n) is 19.9. The van der Waals surface area contributed by atoms with E-state index >= 15 is 4.39 Å². The number of piperidine rings is 2. The number of carbonyl (C=O) groups excluding carboxylic acids is 1. The minimum absolute atomic E-state index is 0.0924. The summed E-state index contributed by atoms with van der Waals surface area (Å²) in [4.78, 5) is 16.7. The third-order valence-corrected chi connectivity index (χ3v) is 14.5. The minimum atomic E-state index is -3.08. The van der Waals surface area contributed by atoms with E-state index in [0.717, 1.165) is 32.1 Å². The van der Waals surface area contributed by atoms with Gasteiger partial charge in [-0.2, -0.15) is 5.10 Å². The average molecular weight is 706 g/mol. The van der Waals surface area contributed by atoms with Gasteiger partial charge in [0, 0.05) is 31.4 Å². The molecule has 12 heteroatoms. The highest BCUT2D eigenvalue weighted by Crippen LogP contribution is 2.40. The lowest BCUT2D eigenvalue weighted by Gasteiger charge is -2.47. The number of halogens is 1. The lowest BCUT2D eigenvalue weighted by atomic mass is 9.81. The number of aromatic nitrogens is 2. The standard InChI is InChI=1S/C37H64FN7O3S/c1-49(47,48)28-19-21-44(22-20-28)32-23-30(26-15-11-7-5-6-8-12-16-26)40-25-31(32)42-37(46)33-35(39)43-45-34(29(38)24-41-36(33)45)27-17-13-9-3-2-4-10-14-18-27/h26-32,34,40-41H,2-25H2,1H3,(H2,39,43)(H,42,46). The van der Waals surface area contributed by atoms with Crippen LogP contribution in [0.1, 0.15) is 145 Å². The smallest absolute Gasteiger partial charge is 0.259 e. The SMILES string of the molecule is CS(=O)(=O)C1CCN(C2CC(C3CCCCCCCC3)NCC2NC(=O)c2c(N)nn3c2NCC(F)C3C2CCCCCCCCC2)CC1. The maximum absolute atomic E-state index is 15.7. The highest BCUT2D eigenvalue weighted by molar-refractivity contribution is 7.91. The van der Waals surface area contributed by atoms with Gasteiger partial charge in [0.15, 0.2) is 5.82 Å².